The van der Waals surface area contributed by atoms with Gasteiger partial charge in [-0.25, -0.2) is 0 Å². The minimum absolute atomic E-state index is 0. The molecule has 1 aromatic heterocycles. The molecule has 0 spiro atoms. The Kier molecular flexibility index (Phi) is 7.67. The Bertz CT molecular complexity index is 510. The van der Waals surface area contributed by atoms with Crippen LogP contribution in [0.2, 0.25) is 0 Å². The number of para-hydroxylation sites is 1. The summed E-state index contributed by atoms with van der Waals surface area (Å²) in [5.41, 5.74) is 2.74. The van der Waals surface area contributed by atoms with Gasteiger partial charge in [0.05, 0.1) is 0 Å². The summed E-state index contributed by atoms with van der Waals surface area (Å²) in [6.45, 7) is 6.06. The number of methoxy groups -OCH3 is 1. The molecule has 1 heterocycles. The molecule has 0 aliphatic rings. The van der Waals surface area contributed by atoms with Crippen LogP contribution >= 0.6 is 12.4 Å². The van der Waals surface area contributed by atoms with E-state index in [1.807, 2.05) is 0 Å². The van der Waals surface area contributed by atoms with Gasteiger partial charge >= 0.3 is 0 Å². The van der Waals surface area contributed by atoms with Crippen molar-refractivity contribution >= 4 is 23.3 Å². The maximum Gasteiger partial charge on any atom is 0.0483 e. The molecule has 0 aliphatic carbocycles. The molecule has 4 heteroatoms. The molecule has 0 saturated heterocycles. The van der Waals surface area contributed by atoms with Gasteiger partial charge in [-0.1, -0.05) is 25.1 Å². The second-order valence-corrected chi connectivity index (χ2v) is 4.89. The first-order valence-electron chi connectivity index (χ1n) is 7.13. The molecule has 0 aliphatic heterocycles. The van der Waals surface area contributed by atoms with Crippen molar-refractivity contribution in [2.45, 2.75) is 32.9 Å². The highest BCUT2D eigenvalue weighted by Crippen LogP contribution is 2.21. The average molecular weight is 297 g/mol. The number of benzene rings is 1. The van der Waals surface area contributed by atoms with Gasteiger partial charge in [-0.2, -0.15) is 0 Å². The molecule has 0 saturated carbocycles. The number of fused-ring (bicyclic) bond motifs is 1. The zero-order valence-corrected chi connectivity index (χ0v) is 13.2. The third kappa shape index (κ3) is 4.23. The monoisotopic (exact) mass is 296 g/mol. The van der Waals surface area contributed by atoms with Crippen LogP contribution in [-0.2, 0) is 17.8 Å². The molecule has 3 nitrogen and oxygen atoms in total. The highest BCUT2D eigenvalue weighted by atomic mass is 35.5. The number of hydrogen-bond donors (Lipinski definition) is 1. The van der Waals surface area contributed by atoms with Crippen LogP contribution in [0.3, 0.4) is 0 Å². The average Bonchev–Trinajstić information content (AvgIpc) is 2.78. The Morgan fingerprint density at radius 3 is 2.80 bits per heavy atom. The number of nitrogens with one attached hydrogen (secondary N) is 1. The lowest BCUT2D eigenvalue weighted by Crippen LogP contribution is -2.15. The maximum atomic E-state index is 5.06. The van der Waals surface area contributed by atoms with Crippen molar-refractivity contribution in [2.75, 3.05) is 20.3 Å². The Balaban J connectivity index is 0.00000200. The normalized spacial score (nSPS) is 10.7. The minimum Gasteiger partial charge on any atom is -0.385 e. The van der Waals surface area contributed by atoms with Crippen LogP contribution in [0.1, 0.15) is 25.3 Å². The van der Waals surface area contributed by atoms with Gasteiger partial charge in [0.1, 0.15) is 0 Å². The topological polar surface area (TPSA) is 26.2 Å². The molecule has 1 N–H and O–H groups in total. The van der Waals surface area contributed by atoms with Crippen molar-refractivity contribution in [3.05, 3.63) is 36.0 Å². The lowest BCUT2D eigenvalue weighted by molar-refractivity contribution is 0.194. The van der Waals surface area contributed by atoms with E-state index in [1.165, 1.54) is 22.9 Å². The second kappa shape index (κ2) is 9.01. The molecule has 20 heavy (non-hydrogen) atoms. The van der Waals surface area contributed by atoms with E-state index in [2.05, 4.69) is 47.3 Å². The quantitative estimate of drug-likeness (QED) is 0.753. The molecule has 0 amide bonds. The maximum absolute atomic E-state index is 5.06. The molecule has 2 aromatic rings. The number of hydrogen-bond acceptors (Lipinski definition) is 2. The van der Waals surface area contributed by atoms with Gasteiger partial charge in [0.15, 0.2) is 0 Å². The van der Waals surface area contributed by atoms with Gasteiger partial charge in [0, 0.05) is 43.9 Å². The van der Waals surface area contributed by atoms with Crippen LogP contribution < -0.4 is 5.32 Å². The highest BCUT2D eigenvalue weighted by Gasteiger charge is 2.06. The molecule has 0 atom stereocenters. The van der Waals surface area contributed by atoms with Crippen LogP contribution in [-0.4, -0.2) is 24.8 Å². The Labute approximate surface area is 127 Å². The first kappa shape index (κ1) is 17.0. The summed E-state index contributed by atoms with van der Waals surface area (Å²) in [6.07, 6.45) is 4.51. The van der Waals surface area contributed by atoms with E-state index < -0.39 is 0 Å². The number of ether oxygens (including phenoxy) is 1. The predicted molar refractivity (Wildman–Crippen MR) is 87.7 cm³/mol. The van der Waals surface area contributed by atoms with Crippen molar-refractivity contribution < 1.29 is 4.74 Å². The van der Waals surface area contributed by atoms with Crippen molar-refractivity contribution in [3.63, 3.8) is 0 Å². The van der Waals surface area contributed by atoms with E-state index in [0.717, 1.165) is 32.7 Å². The summed E-state index contributed by atoms with van der Waals surface area (Å²) < 4.78 is 7.42. The molecule has 2 rings (SSSR count). The van der Waals surface area contributed by atoms with E-state index in [-0.39, 0.29) is 12.4 Å². The molecular weight excluding hydrogens is 272 g/mol. The number of halogens is 1. The SMILES string of the molecule is CCCn1cc(CNCCCOC)c2ccccc21.Cl. The van der Waals surface area contributed by atoms with E-state index >= 15 is 0 Å². The molecule has 1 aromatic carbocycles. The fourth-order valence-electron chi connectivity index (χ4n) is 2.45. The number of nitrogens with zero attached hydrogens (tertiary/aromatic N) is 1. The van der Waals surface area contributed by atoms with Gasteiger partial charge in [0.2, 0.25) is 0 Å². The molecule has 0 bridgehead atoms. The summed E-state index contributed by atoms with van der Waals surface area (Å²) >= 11 is 0. The zero-order valence-electron chi connectivity index (χ0n) is 12.4. The van der Waals surface area contributed by atoms with Crippen molar-refractivity contribution in [3.8, 4) is 0 Å². The first-order valence-corrected chi connectivity index (χ1v) is 7.13. The van der Waals surface area contributed by atoms with Gasteiger partial charge in [-0.15, -0.1) is 12.4 Å². The highest BCUT2D eigenvalue weighted by molar-refractivity contribution is 5.85. The Morgan fingerprint density at radius 1 is 1.25 bits per heavy atom. The predicted octanol–water partition coefficient (Wildman–Crippen LogP) is 3.60. The smallest absolute Gasteiger partial charge is 0.0483 e. The number of aromatic nitrogens is 1. The second-order valence-electron chi connectivity index (χ2n) is 4.89. The van der Waals surface area contributed by atoms with Gasteiger partial charge in [0.25, 0.3) is 0 Å². The molecule has 0 radical (unpaired) electrons. The van der Waals surface area contributed by atoms with Gasteiger partial charge < -0.3 is 14.6 Å². The lowest BCUT2D eigenvalue weighted by Gasteiger charge is -2.03. The largest absolute Gasteiger partial charge is 0.385 e. The summed E-state index contributed by atoms with van der Waals surface area (Å²) in [5.74, 6) is 0. The summed E-state index contributed by atoms with van der Waals surface area (Å²) in [5, 5.41) is 4.86. The van der Waals surface area contributed by atoms with Crippen molar-refractivity contribution in [1.29, 1.82) is 0 Å². The van der Waals surface area contributed by atoms with E-state index in [0.29, 0.717) is 0 Å². The molecule has 112 valence electrons. The first-order chi connectivity index (χ1) is 9.36. The van der Waals surface area contributed by atoms with Gasteiger partial charge in [-0.05, 0) is 31.0 Å². The minimum atomic E-state index is 0. The Morgan fingerprint density at radius 2 is 2.05 bits per heavy atom. The summed E-state index contributed by atoms with van der Waals surface area (Å²) in [6, 6.07) is 8.66. The van der Waals surface area contributed by atoms with Crippen molar-refractivity contribution in [2.24, 2.45) is 0 Å². The van der Waals surface area contributed by atoms with Crippen LogP contribution in [0.15, 0.2) is 30.5 Å². The third-order valence-corrected chi connectivity index (χ3v) is 3.35. The van der Waals surface area contributed by atoms with Crippen LogP contribution in [0.5, 0.6) is 0 Å². The number of aryl methyl sites for hydroxylation is 1. The number of rotatable bonds is 8. The van der Waals surface area contributed by atoms with E-state index in [9.17, 15) is 0 Å². The standard InChI is InChI=1S/C16H24N2O.ClH/c1-3-10-18-13-14(12-17-9-6-11-19-2)15-7-4-5-8-16(15)18;/h4-5,7-8,13,17H,3,6,9-12H2,1-2H3;1H. The van der Waals surface area contributed by atoms with Crippen LogP contribution in [0.25, 0.3) is 10.9 Å². The van der Waals surface area contributed by atoms with Crippen molar-refractivity contribution in [1.82, 2.24) is 9.88 Å². The fraction of sp³-hybridized carbons (Fsp3) is 0.500. The molecule has 0 fully saturated rings. The third-order valence-electron chi connectivity index (χ3n) is 3.35. The zero-order chi connectivity index (χ0) is 13.5. The van der Waals surface area contributed by atoms with Crippen LogP contribution in [0, 0.1) is 0 Å². The molecule has 0 unspecified atom stereocenters. The van der Waals surface area contributed by atoms with E-state index in [1.54, 1.807) is 7.11 Å². The summed E-state index contributed by atoms with van der Waals surface area (Å²) in [4.78, 5) is 0. The molecular formula is C16H25ClN2O. The fourth-order valence-corrected chi connectivity index (χ4v) is 2.45. The van der Waals surface area contributed by atoms with Crippen LogP contribution in [0.4, 0.5) is 0 Å². The summed E-state index contributed by atoms with van der Waals surface area (Å²) in [7, 11) is 1.75. The van der Waals surface area contributed by atoms with E-state index in [4.69, 9.17) is 4.74 Å². The Hall–Kier alpha value is -1.03. The van der Waals surface area contributed by atoms with Gasteiger partial charge in [-0.3, -0.25) is 0 Å². The lowest BCUT2D eigenvalue weighted by atomic mass is 10.2.